The zero-order valence-corrected chi connectivity index (χ0v) is 10.9. The van der Waals surface area contributed by atoms with E-state index in [9.17, 15) is 4.79 Å². The fraction of sp³-hybridized carbons (Fsp3) is 0.273. The van der Waals surface area contributed by atoms with Crippen LogP contribution in [-0.4, -0.2) is 31.9 Å². The first-order chi connectivity index (χ1) is 8.65. The number of benzene rings is 1. The molecule has 2 rings (SSSR count). The summed E-state index contributed by atoms with van der Waals surface area (Å²) in [6, 6.07) is 7.67. The van der Waals surface area contributed by atoms with Crippen molar-refractivity contribution >= 4 is 23.4 Å². The first-order valence-corrected chi connectivity index (χ1v) is 6.35. The number of carbonyl (C=O) groups is 1. The maximum absolute atomic E-state index is 11.7. The van der Waals surface area contributed by atoms with Gasteiger partial charge < -0.3 is 5.32 Å². The molecule has 6 nitrogen and oxygen atoms in total. The van der Waals surface area contributed by atoms with Crippen molar-refractivity contribution in [1.29, 1.82) is 0 Å². The van der Waals surface area contributed by atoms with Crippen molar-refractivity contribution in [2.75, 3.05) is 11.1 Å². The van der Waals surface area contributed by atoms with Crippen LogP contribution in [0.1, 0.15) is 5.56 Å². The van der Waals surface area contributed by atoms with Gasteiger partial charge in [0.15, 0.2) is 0 Å². The van der Waals surface area contributed by atoms with E-state index in [0.717, 1.165) is 11.3 Å². The smallest absolute Gasteiger partial charge is 0.234 e. The van der Waals surface area contributed by atoms with Crippen LogP contribution in [0.5, 0.6) is 0 Å². The van der Waals surface area contributed by atoms with E-state index in [-0.39, 0.29) is 11.7 Å². The van der Waals surface area contributed by atoms with Gasteiger partial charge in [0.25, 0.3) is 0 Å². The van der Waals surface area contributed by atoms with E-state index in [4.69, 9.17) is 0 Å². The lowest BCUT2D eigenvalue weighted by Gasteiger charge is -2.05. The zero-order valence-electron chi connectivity index (χ0n) is 10.1. The minimum atomic E-state index is -0.0754. The Morgan fingerprint density at radius 3 is 3.00 bits per heavy atom. The molecule has 94 valence electrons. The van der Waals surface area contributed by atoms with Gasteiger partial charge in [-0.3, -0.25) is 4.79 Å². The maximum atomic E-state index is 11.7. The van der Waals surface area contributed by atoms with Gasteiger partial charge in [0, 0.05) is 12.7 Å². The first-order valence-electron chi connectivity index (χ1n) is 5.37. The quantitative estimate of drug-likeness (QED) is 0.840. The summed E-state index contributed by atoms with van der Waals surface area (Å²) in [6.45, 7) is 1.98. The second-order valence-electron chi connectivity index (χ2n) is 3.79. The highest BCUT2D eigenvalue weighted by molar-refractivity contribution is 7.99. The third-order valence-corrected chi connectivity index (χ3v) is 3.23. The molecule has 0 aliphatic heterocycles. The van der Waals surface area contributed by atoms with Gasteiger partial charge in [-0.1, -0.05) is 23.9 Å². The second-order valence-corrected chi connectivity index (χ2v) is 4.73. The van der Waals surface area contributed by atoms with Crippen LogP contribution < -0.4 is 5.32 Å². The van der Waals surface area contributed by atoms with Crippen LogP contribution in [-0.2, 0) is 11.8 Å². The Hall–Kier alpha value is -1.89. The maximum Gasteiger partial charge on any atom is 0.234 e. The Labute approximate surface area is 109 Å². The van der Waals surface area contributed by atoms with E-state index in [1.54, 1.807) is 7.05 Å². The predicted molar refractivity (Wildman–Crippen MR) is 69.3 cm³/mol. The van der Waals surface area contributed by atoms with Crippen LogP contribution in [0.3, 0.4) is 0 Å². The molecule has 1 amide bonds. The van der Waals surface area contributed by atoms with Crippen molar-refractivity contribution in [3.63, 3.8) is 0 Å². The van der Waals surface area contributed by atoms with Crippen LogP contribution in [0.2, 0.25) is 0 Å². The molecule has 0 atom stereocenters. The van der Waals surface area contributed by atoms with Gasteiger partial charge >= 0.3 is 0 Å². The van der Waals surface area contributed by atoms with Gasteiger partial charge in [-0.2, -0.15) is 0 Å². The summed E-state index contributed by atoms with van der Waals surface area (Å²) in [4.78, 5) is 11.7. The Kier molecular flexibility index (Phi) is 3.93. The van der Waals surface area contributed by atoms with Gasteiger partial charge in [-0.15, -0.1) is 5.10 Å². The van der Waals surface area contributed by atoms with Crippen LogP contribution in [0.4, 0.5) is 5.69 Å². The van der Waals surface area contributed by atoms with E-state index in [1.807, 2.05) is 31.2 Å². The normalized spacial score (nSPS) is 10.3. The average Bonchev–Trinajstić information content (AvgIpc) is 2.72. The number of aromatic nitrogens is 4. The molecule has 1 N–H and O–H groups in total. The third kappa shape index (κ3) is 3.30. The largest absolute Gasteiger partial charge is 0.325 e. The fourth-order valence-electron chi connectivity index (χ4n) is 1.39. The van der Waals surface area contributed by atoms with Gasteiger partial charge in [-0.25, -0.2) is 4.68 Å². The van der Waals surface area contributed by atoms with Crippen LogP contribution in [0, 0.1) is 6.92 Å². The molecule has 18 heavy (non-hydrogen) atoms. The molecule has 0 unspecified atom stereocenters. The summed E-state index contributed by atoms with van der Waals surface area (Å²) in [6.07, 6.45) is 0. The minimum Gasteiger partial charge on any atom is -0.325 e. The number of carbonyl (C=O) groups excluding carboxylic acids is 1. The molecule has 0 fully saturated rings. The molecule has 0 aliphatic rings. The van der Waals surface area contributed by atoms with E-state index in [2.05, 4.69) is 20.8 Å². The van der Waals surface area contributed by atoms with Crippen molar-refractivity contribution in [2.24, 2.45) is 7.05 Å². The summed E-state index contributed by atoms with van der Waals surface area (Å²) < 4.78 is 1.53. The second kappa shape index (κ2) is 5.63. The lowest BCUT2D eigenvalue weighted by molar-refractivity contribution is -0.113. The van der Waals surface area contributed by atoms with Crippen molar-refractivity contribution in [2.45, 2.75) is 12.1 Å². The number of thioether (sulfide) groups is 1. The minimum absolute atomic E-state index is 0.0754. The highest BCUT2D eigenvalue weighted by Gasteiger charge is 2.07. The Morgan fingerprint density at radius 2 is 2.33 bits per heavy atom. The molecule has 1 aromatic carbocycles. The van der Waals surface area contributed by atoms with Crippen molar-refractivity contribution in [3.8, 4) is 0 Å². The monoisotopic (exact) mass is 263 g/mol. The number of hydrogen-bond donors (Lipinski definition) is 1. The topological polar surface area (TPSA) is 72.7 Å². The lowest BCUT2D eigenvalue weighted by atomic mass is 10.2. The van der Waals surface area contributed by atoms with Gasteiger partial charge in [0.1, 0.15) is 0 Å². The molecule has 1 heterocycles. The molecular formula is C11H13N5OS. The predicted octanol–water partition coefficient (Wildman–Crippen LogP) is 1.25. The van der Waals surface area contributed by atoms with Gasteiger partial charge in [0.2, 0.25) is 11.1 Å². The van der Waals surface area contributed by atoms with Crippen LogP contribution in [0.25, 0.3) is 0 Å². The summed E-state index contributed by atoms with van der Waals surface area (Å²) in [5.41, 5.74) is 1.91. The third-order valence-electron chi connectivity index (χ3n) is 2.22. The lowest BCUT2D eigenvalue weighted by Crippen LogP contribution is -2.14. The zero-order chi connectivity index (χ0) is 13.0. The SMILES string of the molecule is Cc1cccc(NC(=O)CSc2nnnn2C)c1. The number of aryl methyl sites for hydroxylation is 2. The fourth-order valence-corrected chi connectivity index (χ4v) is 2.04. The summed E-state index contributed by atoms with van der Waals surface area (Å²) >= 11 is 1.30. The number of hydrogen-bond acceptors (Lipinski definition) is 5. The number of amides is 1. The summed E-state index contributed by atoms with van der Waals surface area (Å²) in [5, 5.41) is 14.4. The summed E-state index contributed by atoms with van der Waals surface area (Å²) in [5.74, 6) is 0.205. The number of nitrogens with zero attached hydrogens (tertiary/aromatic N) is 4. The molecule has 0 aliphatic carbocycles. The highest BCUT2D eigenvalue weighted by Crippen LogP contribution is 2.14. The molecule has 0 radical (unpaired) electrons. The number of rotatable bonds is 4. The van der Waals surface area contributed by atoms with E-state index in [1.165, 1.54) is 16.4 Å². The van der Waals surface area contributed by atoms with E-state index < -0.39 is 0 Å². The van der Waals surface area contributed by atoms with Crippen LogP contribution >= 0.6 is 11.8 Å². The van der Waals surface area contributed by atoms with Gasteiger partial charge in [0.05, 0.1) is 5.75 Å². The highest BCUT2D eigenvalue weighted by atomic mass is 32.2. The molecule has 1 aromatic heterocycles. The molecular weight excluding hydrogens is 250 g/mol. The number of tetrazole rings is 1. The molecule has 0 saturated carbocycles. The number of nitrogens with one attached hydrogen (secondary N) is 1. The standard InChI is InChI=1S/C11H13N5OS/c1-8-4-3-5-9(6-8)12-10(17)7-18-11-13-14-15-16(11)2/h3-6H,7H2,1-2H3,(H,12,17). The summed E-state index contributed by atoms with van der Waals surface area (Å²) in [7, 11) is 1.74. The number of anilines is 1. The Balaban J connectivity index is 1.88. The van der Waals surface area contributed by atoms with E-state index >= 15 is 0 Å². The molecule has 0 saturated heterocycles. The van der Waals surface area contributed by atoms with E-state index in [0.29, 0.717) is 5.16 Å². The van der Waals surface area contributed by atoms with Crippen LogP contribution in [0.15, 0.2) is 29.4 Å². The average molecular weight is 263 g/mol. The van der Waals surface area contributed by atoms with Crippen molar-refractivity contribution < 1.29 is 4.79 Å². The molecule has 0 bridgehead atoms. The first kappa shape index (κ1) is 12.6. The van der Waals surface area contributed by atoms with Gasteiger partial charge in [-0.05, 0) is 35.0 Å². The van der Waals surface area contributed by atoms with Crippen molar-refractivity contribution in [3.05, 3.63) is 29.8 Å². The Bertz CT molecular complexity index is 554. The van der Waals surface area contributed by atoms with Crippen molar-refractivity contribution in [1.82, 2.24) is 20.2 Å². The molecule has 2 aromatic rings. The molecule has 0 spiro atoms. The molecule has 7 heteroatoms. The Morgan fingerprint density at radius 1 is 1.50 bits per heavy atom.